The third-order valence-electron chi connectivity index (χ3n) is 5.22. The van der Waals surface area contributed by atoms with Gasteiger partial charge < -0.3 is 30.7 Å². The zero-order chi connectivity index (χ0) is 29.3. The number of phosphoric ester groups is 1. The number of nitrogen functional groups attached to an aromatic ring is 1. The summed E-state index contributed by atoms with van der Waals surface area (Å²) in [4.78, 5) is 31.4. The second-order valence-electron chi connectivity index (χ2n) is 9.10. The SMILES string of the molecule is C1CCOC1.CC.CC(C)CN(CC(OP(=O)(O)O)C(Cc1ccccc1)NC(=O)O)Sc1ccc(N)cc1. The molecule has 10 nitrogen and oxygen atoms in total. The van der Waals surface area contributed by atoms with Gasteiger partial charge in [0.2, 0.25) is 0 Å². The van der Waals surface area contributed by atoms with Gasteiger partial charge in [0.25, 0.3) is 0 Å². The minimum absolute atomic E-state index is 0.0795. The van der Waals surface area contributed by atoms with Crippen LogP contribution in [-0.4, -0.2) is 63.7 Å². The predicted molar refractivity (Wildman–Crippen MR) is 157 cm³/mol. The summed E-state index contributed by atoms with van der Waals surface area (Å²) in [6, 6.07) is 15.5. The Morgan fingerprint density at radius 3 is 2.13 bits per heavy atom. The summed E-state index contributed by atoms with van der Waals surface area (Å²) in [5.74, 6) is 0.243. The quantitative estimate of drug-likeness (QED) is 0.124. The van der Waals surface area contributed by atoms with Gasteiger partial charge in [-0.3, -0.25) is 4.52 Å². The minimum atomic E-state index is -4.89. The smallest absolute Gasteiger partial charge is 0.465 e. The molecule has 1 aliphatic rings. The van der Waals surface area contributed by atoms with Crippen molar-refractivity contribution in [3.63, 3.8) is 0 Å². The van der Waals surface area contributed by atoms with Crippen LogP contribution in [0.5, 0.6) is 0 Å². The molecule has 1 saturated heterocycles. The largest absolute Gasteiger partial charge is 0.469 e. The van der Waals surface area contributed by atoms with Crippen molar-refractivity contribution in [2.24, 2.45) is 5.92 Å². The second-order valence-corrected chi connectivity index (χ2v) is 11.5. The monoisotopic (exact) mass is 585 g/mol. The number of rotatable bonds is 12. The number of ether oxygens (including phenoxy) is 1. The van der Waals surface area contributed by atoms with Crippen molar-refractivity contribution in [3.8, 4) is 0 Å². The lowest BCUT2D eigenvalue weighted by atomic mass is 10.0. The first-order chi connectivity index (χ1) is 18.5. The zero-order valence-electron chi connectivity index (χ0n) is 23.2. The molecule has 0 spiro atoms. The van der Waals surface area contributed by atoms with Crippen LogP contribution >= 0.6 is 19.8 Å². The van der Waals surface area contributed by atoms with E-state index in [4.69, 9.17) is 15.0 Å². The van der Waals surface area contributed by atoms with Crippen LogP contribution in [0.2, 0.25) is 0 Å². The molecule has 0 bridgehead atoms. The maximum atomic E-state index is 11.7. The Morgan fingerprint density at radius 2 is 1.67 bits per heavy atom. The molecule has 6 N–H and O–H groups in total. The van der Waals surface area contributed by atoms with Crippen molar-refractivity contribution in [2.75, 3.05) is 32.0 Å². The van der Waals surface area contributed by atoms with Crippen LogP contribution in [0.4, 0.5) is 10.5 Å². The Morgan fingerprint density at radius 1 is 1.08 bits per heavy atom. The summed E-state index contributed by atoms with van der Waals surface area (Å²) in [5, 5.41) is 11.7. The molecular weight excluding hydrogens is 541 g/mol. The number of nitrogens with zero attached hydrogens (tertiary/aromatic N) is 1. The van der Waals surface area contributed by atoms with E-state index in [1.807, 2.05) is 74.5 Å². The normalized spacial score (nSPS) is 14.6. The number of carboxylic acid groups (broad SMARTS) is 1. The fraction of sp³-hybridized carbons (Fsp3) is 0.519. The van der Waals surface area contributed by atoms with E-state index >= 15 is 0 Å². The predicted octanol–water partition coefficient (Wildman–Crippen LogP) is 5.41. The van der Waals surface area contributed by atoms with Gasteiger partial charge in [-0.2, -0.15) is 0 Å². The van der Waals surface area contributed by atoms with Gasteiger partial charge in [-0.25, -0.2) is 13.7 Å². The maximum Gasteiger partial charge on any atom is 0.469 e. The third kappa shape index (κ3) is 16.6. The third-order valence-corrected chi connectivity index (χ3v) is 6.81. The van der Waals surface area contributed by atoms with Crippen molar-refractivity contribution >= 4 is 31.6 Å². The van der Waals surface area contributed by atoms with E-state index < -0.39 is 26.1 Å². The summed E-state index contributed by atoms with van der Waals surface area (Å²) in [5.41, 5.74) is 7.19. The van der Waals surface area contributed by atoms with Gasteiger partial charge in [0.15, 0.2) is 0 Å². The average molecular weight is 586 g/mol. The molecule has 2 atom stereocenters. The van der Waals surface area contributed by atoms with Crippen LogP contribution in [0.1, 0.15) is 46.1 Å². The topological polar surface area (TPSA) is 155 Å². The molecule has 1 aliphatic heterocycles. The maximum absolute atomic E-state index is 11.7. The Kier molecular flexibility index (Phi) is 17.1. The number of hydrogen-bond acceptors (Lipinski definition) is 7. The molecule has 0 aromatic heterocycles. The number of benzene rings is 2. The molecule has 12 heteroatoms. The number of hydrogen-bond donors (Lipinski definition) is 5. The zero-order valence-corrected chi connectivity index (χ0v) is 24.9. The number of nitrogens with one attached hydrogen (secondary N) is 1. The van der Waals surface area contributed by atoms with Crippen molar-refractivity contribution in [1.29, 1.82) is 0 Å². The first-order valence-electron chi connectivity index (χ1n) is 13.2. The van der Waals surface area contributed by atoms with E-state index in [0.717, 1.165) is 23.7 Å². The van der Waals surface area contributed by atoms with Gasteiger partial charge >= 0.3 is 13.9 Å². The van der Waals surface area contributed by atoms with E-state index in [1.165, 1.54) is 24.8 Å². The molecule has 2 unspecified atom stereocenters. The molecule has 220 valence electrons. The second kappa shape index (κ2) is 19.0. The van der Waals surface area contributed by atoms with Gasteiger partial charge in [0.1, 0.15) is 6.10 Å². The van der Waals surface area contributed by atoms with Gasteiger partial charge in [-0.05, 0) is 67.0 Å². The Hall–Kier alpha value is -2.11. The van der Waals surface area contributed by atoms with Crippen molar-refractivity contribution < 1.29 is 33.5 Å². The molecule has 1 amide bonds. The van der Waals surface area contributed by atoms with Gasteiger partial charge in [0.05, 0.1) is 6.04 Å². The van der Waals surface area contributed by atoms with Crippen molar-refractivity contribution in [2.45, 2.75) is 64.0 Å². The lowest BCUT2D eigenvalue weighted by Crippen LogP contribution is -2.49. The Bertz CT molecular complexity index is 965. The molecule has 1 fully saturated rings. The standard InChI is InChI=1S/C21H30N3O6PS.C4H8O.C2H6/c1-15(2)13-24(32-18-10-8-17(22)9-11-18)14-20(30-31(27,28)29)19(23-21(25)26)12-16-6-4-3-5-7-16;1-2-4-5-3-1;1-2/h3-11,15,19-20,23H,12-14,22H2,1-2H3,(H,25,26)(H2,27,28,29);1-4H2;1-2H3. The fourth-order valence-corrected chi connectivity index (χ4v) is 5.37. The van der Waals surface area contributed by atoms with Crippen LogP contribution in [-0.2, 0) is 20.2 Å². The van der Waals surface area contributed by atoms with Crippen LogP contribution in [0.3, 0.4) is 0 Å². The molecule has 39 heavy (non-hydrogen) atoms. The van der Waals surface area contributed by atoms with Crippen molar-refractivity contribution in [1.82, 2.24) is 9.62 Å². The fourth-order valence-electron chi connectivity index (χ4n) is 3.66. The molecule has 2 aromatic carbocycles. The minimum Gasteiger partial charge on any atom is -0.465 e. The van der Waals surface area contributed by atoms with E-state index in [1.54, 1.807) is 12.1 Å². The van der Waals surface area contributed by atoms with Gasteiger partial charge in [-0.1, -0.05) is 58.0 Å². The van der Waals surface area contributed by atoms with Crippen LogP contribution in [0, 0.1) is 5.92 Å². The summed E-state index contributed by atoms with van der Waals surface area (Å²) < 4.78 is 23.7. The first-order valence-corrected chi connectivity index (χ1v) is 15.5. The number of carbonyl (C=O) groups is 1. The molecule has 0 radical (unpaired) electrons. The number of amides is 1. The van der Waals surface area contributed by atoms with Crippen LogP contribution in [0.25, 0.3) is 0 Å². The molecule has 3 rings (SSSR count). The van der Waals surface area contributed by atoms with Crippen molar-refractivity contribution in [3.05, 3.63) is 60.2 Å². The summed E-state index contributed by atoms with van der Waals surface area (Å²) in [7, 11) is -4.89. The Labute approximate surface area is 236 Å². The highest BCUT2D eigenvalue weighted by molar-refractivity contribution is 7.97. The highest BCUT2D eigenvalue weighted by Crippen LogP contribution is 2.39. The summed E-state index contributed by atoms with van der Waals surface area (Å²) in [6.45, 7) is 10.7. The van der Waals surface area contributed by atoms with E-state index in [0.29, 0.717) is 12.2 Å². The number of anilines is 1. The lowest BCUT2D eigenvalue weighted by Gasteiger charge is -2.32. The summed E-state index contributed by atoms with van der Waals surface area (Å²) in [6.07, 6.45) is 0.360. The highest BCUT2D eigenvalue weighted by atomic mass is 32.2. The van der Waals surface area contributed by atoms with Crippen LogP contribution in [0.15, 0.2) is 59.5 Å². The molecule has 1 heterocycles. The Balaban J connectivity index is 0.000000953. The lowest BCUT2D eigenvalue weighted by molar-refractivity contribution is 0.0844. The van der Waals surface area contributed by atoms with Crippen LogP contribution < -0.4 is 11.1 Å². The van der Waals surface area contributed by atoms with E-state index in [-0.39, 0.29) is 18.9 Å². The van der Waals surface area contributed by atoms with E-state index in [2.05, 4.69) is 5.32 Å². The molecule has 0 aliphatic carbocycles. The van der Waals surface area contributed by atoms with E-state index in [9.17, 15) is 24.3 Å². The molecular formula is C27H44N3O7PS. The number of phosphoric acid groups is 1. The average Bonchev–Trinajstić information content (AvgIpc) is 3.46. The first kappa shape index (κ1) is 34.9. The van der Waals surface area contributed by atoms with Gasteiger partial charge in [-0.15, -0.1) is 0 Å². The molecule has 0 saturated carbocycles. The number of nitrogens with two attached hydrogens (primary N) is 1. The summed E-state index contributed by atoms with van der Waals surface area (Å²) >= 11 is 1.39. The molecule has 2 aromatic rings. The highest BCUT2D eigenvalue weighted by Gasteiger charge is 2.33. The van der Waals surface area contributed by atoms with Gasteiger partial charge in [0, 0.05) is 36.9 Å².